The van der Waals surface area contributed by atoms with Gasteiger partial charge < -0.3 is 124 Å². The number of methoxy groups -OCH3 is 16. The van der Waals surface area contributed by atoms with Crippen LogP contribution in [0.15, 0.2) is 0 Å². The molecule has 5 heterocycles. The molecule has 424 valence electrons. The molecule has 5 fully saturated rings. The second kappa shape index (κ2) is 28.5. The summed E-state index contributed by atoms with van der Waals surface area (Å²) in [4.78, 5) is 0. The molecule has 0 aromatic carbocycles. The number of hydrogen-bond donors (Lipinski definition) is 1. The van der Waals surface area contributed by atoms with Gasteiger partial charge in [-0.15, -0.1) is 0 Å². The van der Waals surface area contributed by atoms with E-state index in [-0.39, 0.29) is 33.0 Å². The molecule has 0 aromatic rings. The van der Waals surface area contributed by atoms with Gasteiger partial charge in [0.1, 0.15) is 124 Å². The van der Waals surface area contributed by atoms with Gasteiger partial charge in [-0.3, -0.25) is 0 Å². The van der Waals surface area contributed by atoms with Gasteiger partial charge in [0.05, 0.1) is 33.0 Å². The van der Waals surface area contributed by atoms with Crippen molar-refractivity contribution in [2.45, 2.75) is 127 Å². The maximum atomic E-state index is 11.1. The highest BCUT2D eigenvalue weighted by Gasteiger charge is 2.67. The van der Waals surface area contributed by atoms with Crippen molar-refractivity contribution in [1.82, 2.24) is 0 Å². The SMILES string of the molecule is COC[C@H]1O[C@@](CO)(OC[C@@]2(OC[C@@]3(OC[C@@]4(O[C@@H]5O[C@H](COC)[C@@H](OC)[C@H](OC)[C@H]5OC)O[C@H](COC)[C@@H](OC)[C@@H]4OC)O[C@H](COC)[C@@H](OC)[C@@H]3OC)O[C@H](COC)[C@@H](OC)[C@@H]2OC)[C@@H](OC)[C@@H]1OC. The molecule has 0 spiro atoms. The van der Waals surface area contributed by atoms with E-state index in [9.17, 15) is 5.11 Å². The lowest BCUT2D eigenvalue weighted by Crippen LogP contribution is -2.65. The van der Waals surface area contributed by atoms with Gasteiger partial charge in [-0.1, -0.05) is 0 Å². The van der Waals surface area contributed by atoms with Crippen LogP contribution in [0, 0.1) is 0 Å². The average molecular weight is 1050 g/mol. The number of rotatable bonds is 33. The van der Waals surface area contributed by atoms with Crippen molar-refractivity contribution in [2.75, 3.05) is 173 Å². The fraction of sp³-hybridized carbons (Fsp3) is 1.00. The van der Waals surface area contributed by atoms with E-state index >= 15 is 0 Å². The van der Waals surface area contributed by atoms with Crippen molar-refractivity contribution >= 4 is 0 Å². The van der Waals surface area contributed by atoms with Gasteiger partial charge in [-0.25, -0.2) is 0 Å². The van der Waals surface area contributed by atoms with Crippen LogP contribution in [0.1, 0.15) is 0 Å². The summed E-state index contributed by atoms with van der Waals surface area (Å²) < 4.78 is 156. The van der Waals surface area contributed by atoms with Crippen LogP contribution < -0.4 is 0 Å². The molecule has 0 aliphatic carbocycles. The molecule has 5 rings (SSSR count). The average Bonchev–Trinajstić information content (AvgIpc) is 4.07. The normalized spacial score (nSPS) is 43.4. The van der Waals surface area contributed by atoms with Crippen molar-refractivity contribution in [3.05, 3.63) is 0 Å². The first-order chi connectivity index (χ1) is 34.8. The Balaban J connectivity index is 1.64. The van der Waals surface area contributed by atoms with Crippen molar-refractivity contribution < 1.29 is 124 Å². The molecule has 5 aliphatic rings. The van der Waals surface area contributed by atoms with E-state index in [0.29, 0.717) is 0 Å². The number of ether oxygens (including phenoxy) is 25. The fourth-order valence-electron chi connectivity index (χ4n) is 10.9. The third-order valence-corrected chi connectivity index (χ3v) is 14.1. The number of aliphatic hydroxyl groups is 1. The first-order valence-corrected chi connectivity index (χ1v) is 23.6. The summed E-state index contributed by atoms with van der Waals surface area (Å²) in [5.41, 5.74) is 0. The molecule has 72 heavy (non-hydrogen) atoms. The van der Waals surface area contributed by atoms with Gasteiger partial charge in [0.25, 0.3) is 0 Å². The molecule has 0 radical (unpaired) electrons. The van der Waals surface area contributed by atoms with Crippen LogP contribution in [-0.2, 0) is 118 Å². The summed E-state index contributed by atoms with van der Waals surface area (Å²) >= 11 is 0. The van der Waals surface area contributed by atoms with Crippen LogP contribution in [-0.4, -0.2) is 305 Å². The molecule has 21 atom stereocenters. The molecule has 26 heteroatoms. The standard InChI is InChI=1S/C46H84O26/c1-48-17-26-31(53-6)36(58-11)37(59-12)42(67-26)72-46(41(63-16)35(57-10)30(71-46)21-52-5)25-66-45(40(62-15)34(56-9)29(70-45)20-51-4)24-65-44(39(61-14)33(55-8)28(69-44)19-50-3)23-64-43(22-47)38(60-13)32(54-7)27(68-43)18-49-2/h26-42,47H,17-25H2,1-16H3/t26-,27-,28-,29-,30-,31-,32-,33-,34-,35-,36+,37-,38+,39+,40+,41+,42+,43-,44-,45-,46+/m1/s1. The number of aliphatic hydroxyl groups excluding tert-OH is 1. The van der Waals surface area contributed by atoms with E-state index in [1.165, 1.54) is 107 Å². The zero-order chi connectivity index (χ0) is 52.9. The Morgan fingerprint density at radius 3 is 0.944 bits per heavy atom. The molecule has 5 aliphatic heterocycles. The lowest BCUT2D eigenvalue weighted by atomic mass is 9.98. The van der Waals surface area contributed by atoms with Gasteiger partial charge in [-0.2, -0.15) is 0 Å². The highest BCUT2D eigenvalue weighted by atomic mass is 16.9. The van der Waals surface area contributed by atoms with E-state index in [0.717, 1.165) is 0 Å². The molecule has 5 saturated heterocycles. The Hall–Kier alpha value is -1.04. The topological polar surface area (TPSA) is 251 Å². The molecular formula is C46H84O26. The minimum absolute atomic E-state index is 0.0283. The summed E-state index contributed by atoms with van der Waals surface area (Å²) in [5, 5.41) is 11.1. The van der Waals surface area contributed by atoms with Gasteiger partial charge in [0.2, 0.25) is 23.1 Å². The summed E-state index contributed by atoms with van der Waals surface area (Å²) in [6, 6.07) is 0. The van der Waals surface area contributed by atoms with Gasteiger partial charge in [0, 0.05) is 114 Å². The fourth-order valence-corrected chi connectivity index (χ4v) is 10.9. The molecule has 0 bridgehead atoms. The third kappa shape index (κ3) is 12.3. The van der Waals surface area contributed by atoms with Crippen LogP contribution in [0.4, 0.5) is 0 Å². The first kappa shape index (κ1) is 61.8. The second-order valence-corrected chi connectivity index (χ2v) is 17.9. The predicted molar refractivity (Wildman–Crippen MR) is 243 cm³/mol. The molecule has 0 saturated carbocycles. The van der Waals surface area contributed by atoms with Crippen molar-refractivity contribution in [1.29, 1.82) is 0 Å². The van der Waals surface area contributed by atoms with Crippen LogP contribution >= 0.6 is 0 Å². The molecule has 26 nitrogen and oxygen atoms in total. The largest absolute Gasteiger partial charge is 0.391 e. The highest BCUT2D eigenvalue weighted by Crippen LogP contribution is 2.46. The molecule has 1 N–H and O–H groups in total. The van der Waals surface area contributed by atoms with Crippen LogP contribution in [0.2, 0.25) is 0 Å². The van der Waals surface area contributed by atoms with Gasteiger partial charge in [0.15, 0.2) is 6.29 Å². The van der Waals surface area contributed by atoms with E-state index < -0.39 is 154 Å². The van der Waals surface area contributed by atoms with Gasteiger partial charge >= 0.3 is 0 Å². The predicted octanol–water partition coefficient (Wildman–Crippen LogP) is -1.45. The van der Waals surface area contributed by atoms with E-state index in [4.69, 9.17) is 118 Å². The maximum Gasteiger partial charge on any atom is 0.224 e. The Morgan fingerprint density at radius 2 is 0.611 bits per heavy atom. The Morgan fingerprint density at radius 1 is 0.319 bits per heavy atom. The molecule has 0 unspecified atom stereocenters. The second-order valence-electron chi connectivity index (χ2n) is 17.9. The van der Waals surface area contributed by atoms with Gasteiger partial charge in [-0.05, 0) is 0 Å². The van der Waals surface area contributed by atoms with Crippen LogP contribution in [0.25, 0.3) is 0 Å². The highest BCUT2D eigenvalue weighted by molar-refractivity contribution is 5.07. The third-order valence-electron chi connectivity index (χ3n) is 14.1. The van der Waals surface area contributed by atoms with E-state index in [1.54, 1.807) is 7.11 Å². The lowest BCUT2D eigenvalue weighted by Gasteiger charge is -2.48. The zero-order valence-corrected chi connectivity index (χ0v) is 44.8. The molecule has 0 aromatic heterocycles. The van der Waals surface area contributed by atoms with Crippen molar-refractivity contribution in [3.63, 3.8) is 0 Å². The smallest absolute Gasteiger partial charge is 0.224 e. The number of hydrogen-bond acceptors (Lipinski definition) is 26. The van der Waals surface area contributed by atoms with Crippen LogP contribution in [0.3, 0.4) is 0 Å². The molecular weight excluding hydrogens is 968 g/mol. The lowest BCUT2D eigenvalue weighted by molar-refractivity contribution is -0.410. The van der Waals surface area contributed by atoms with Crippen molar-refractivity contribution in [3.8, 4) is 0 Å². The summed E-state index contributed by atoms with van der Waals surface area (Å²) in [6.07, 6.45) is -14.6. The summed E-state index contributed by atoms with van der Waals surface area (Å²) in [6.45, 7) is -1.86. The van der Waals surface area contributed by atoms with E-state index in [1.807, 2.05) is 0 Å². The Kier molecular flexibility index (Phi) is 24.5. The van der Waals surface area contributed by atoms with E-state index in [2.05, 4.69) is 0 Å². The maximum absolute atomic E-state index is 11.1. The quantitative estimate of drug-likeness (QED) is 0.0789. The monoisotopic (exact) mass is 1050 g/mol. The zero-order valence-electron chi connectivity index (χ0n) is 44.8. The first-order valence-electron chi connectivity index (χ1n) is 23.6. The van der Waals surface area contributed by atoms with Crippen LogP contribution in [0.5, 0.6) is 0 Å². The minimum Gasteiger partial charge on any atom is -0.391 e. The summed E-state index contributed by atoms with van der Waals surface area (Å²) in [7, 11) is 24.1. The Bertz CT molecular complexity index is 1540. The Labute approximate surface area is 423 Å². The minimum atomic E-state index is -1.96. The van der Waals surface area contributed by atoms with Crippen molar-refractivity contribution in [2.24, 2.45) is 0 Å². The summed E-state index contributed by atoms with van der Waals surface area (Å²) in [5.74, 6) is -7.64. The molecule has 0 amide bonds.